The number of carbonyl (C=O) groups excluding carboxylic acids is 1. The summed E-state index contributed by atoms with van der Waals surface area (Å²) >= 11 is 0. The Morgan fingerprint density at radius 1 is 1.25 bits per heavy atom. The smallest absolute Gasteiger partial charge is 0.225 e. The number of aliphatic imine (C=N–C) groups is 1. The third kappa shape index (κ3) is 5.46. The monoisotopic (exact) mass is 550 g/mol. The quantitative estimate of drug-likeness (QED) is 0.290. The van der Waals surface area contributed by atoms with Crippen LogP contribution in [0.3, 0.4) is 0 Å². The number of hydrogen-bond donors (Lipinski definition) is 3. The highest BCUT2D eigenvalue weighted by Gasteiger charge is 2.25. The molecule has 0 spiro atoms. The second-order valence-electron chi connectivity index (χ2n) is 8.02. The zero-order chi connectivity index (χ0) is 21.8. The van der Waals surface area contributed by atoms with Crippen LogP contribution in [0.15, 0.2) is 41.4 Å². The maximum atomic E-state index is 12.1. The fourth-order valence-corrected chi connectivity index (χ4v) is 4.20. The van der Waals surface area contributed by atoms with Crippen LogP contribution in [0, 0.1) is 0 Å². The van der Waals surface area contributed by atoms with Gasteiger partial charge in [-0.25, -0.2) is 4.99 Å². The van der Waals surface area contributed by atoms with E-state index in [2.05, 4.69) is 35.0 Å². The molecule has 2 unspecified atom stereocenters. The molecule has 0 saturated carbocycles. The number of ether oxygens (including phenoxy) is 2. The van der Waals surface area contributed by atoms with Gasteiger partial charge < -0.3 is 25.4 Å². The fraction of sp³-hybridized carbons (Fsp3) is 0.417. The summed E-state index contributed by atoms with van der Waals surface area (Å²) in [6, 6.07) is 12.1. The summed E-state index contributed by atoms with van der Waals surface area (Å²) in [5.74, 6) is 2.60. The third-order valence-corrected chi connectivity index (χ3v) is 5.67. The van der Waals surface area contributed by atoms with Gasteiger partial charge in [-0.15, -0.1) is 24.0 Å². The highest BCUT2D eigenvalue weighted by atomic mass is 127. The molecule has 2 aromatic carbocycles. The lowest BCUT2D eigenvalue weighted by atomic mass is 9.90. The number of nitrogens with zero attached hydrogens (tertiary/aromatic N) is 1. The molecule has 32 heavy (non-hydrogen) atoms. The Bertz CT molecular complexity index is 995. The Hall–Kier alpha value is -2.49. The van der Waals surface area contributed by atoms with Crippen LogP contribution in [0.4, 0.5) is 5.69 Å². The van der Waals surface area contributed by atoms with E-state index >= 15 is 0 Å². The van der Waals surface area contributed by atoms with E-state index in [1.165, 1.54) is 5.56 Å². The van der Waals surface area contributed by atoms with Gasteiger partial charge in [-0.3, -0.25) is 4.79 Å². The Labute approximate surface area is 206 Å². The molecule has 172 valence electrons. The number of halogens is 1. The first-order valence-corrected chi connectivity index (χ1v) is 10.8. The van der Waals surface area contributed by atoms with Crippen molar-refractivity contribution in [1.82, 2.24) is 10.6 Å². The lowest BCUT2D eigenvalue weighted by Crippen LogP contribution is -2.40. The molecule has 2 aromatic rings. The van der Waals surface area contributed by atoms with Gasteiger partial charge in [0.25, 0.3) is 0 Å². The number of para-hydroxylation sites is 1. The lowest BCUT2D eigenvalue weighted by molar-refractivity contribution is -0.116. The average Bonchev–Trinajstić information content (AvgIpc) is 3.13. The number of anilines is 1. The summed E-state index contributed by atoms with van der Waals surface area (Å²) in [6.07, 6.45) is 1.54. The van der Waals surface area contributed by atoms with Gasteiger partial charge in [-0.1, -0.05) is 18.2 Å². The van der Waals surface area contributed by atoms with E-state index in [4.69, 9.17) is 14.5 Å². The van der Waals surface area contributed by atoms with Gasteiger partial charge in [0.2, 0.25) is 5.91 Å². The summed E-state index contributed by atoms with van der Waals surface area (Å²) in [5.41, 5.74) is 4.20. The first kappa shape index (κ1) is 24.2. The molecule has 2 heterocycles. The molecule has 4 rings (SSSR count). The number of nitrogens with one attached hydrogen (secondary N) is 3. The second-order valence-corrected chi connectivity index (χ2v) is 8.02. The number of amides is 1. The number of guanidine groups is 1. The van der Waals surface area contributed by atoms with Crippen LogP contribution in [0.5, 0.6) is 11.5 Å². The van der Waals surface area contributed by atoms with Crippen LogP contribution in [0.2, 0.25) is 0 Å². The van der Waals surface area contributed by atoms with E-state index in [0.717, 1.165) is 41.3 Å². The van der Waals surface area contributed by atoms with Crippen LogP contribution in [-0.2, 0) is 17.8 Å². The molecular weight excluding hydrogens is 519 g/mol. The molecule has 0 saturated heterocycles. The van der Waals surface area contributed by atoms with Crippen LogP contribution in [-0.4, -0.2) is 38.2 Å². The molecule has 2 aliphatic heterocycles. The summed E-state index contributed by atoms with van der Waals surface area (Å²) in [5, 5.41) is 9.64. The highest BCUT2D eigenvalue weighted by molar-refractivity contribution is 14.0. The molecule has 8 heteroatoms. The molecule has 0 fully saturated rings. The Balaban J connectivity index is 0.00000289. The molecule has 0 aromatic heterocycles. The average molecular weight is 550 g/mol. The number of benzene rings is 2. The minimum absolute atomic E-state index is 0. The molecule has 2 atom stereocenters. The van der Waals surface area contributed by atoms with E-state index in [0.29, 0.717) is 25.5 Å². The number of methoxy groups -OCH3 is 1. The van der Waals surface area contributed by atoms with Crippen molar-refractivity contribution in [2.24, 2.45) is 4.99 Å². The van der Waals surface area contributed by atoms with Gasteiger partial charge in [-0.05, 0) is 37.6 Å². The molecule has 7 nitrogen and oxygen atoms in total. The Kier molecular flexibility index (Phi) is 8.22. The highest BCUT2D eigenvalue weighted by Crippen LogP contribution is 2.35. The van der Waals surface area contributed by atoms with Gasteiger partial charge in [0.05, 0.1) is 13.7 Å². The minimum Gasteiger partial charge on any atom is -0.496 e. The predicted octanol–water partition coefficient (Wildman–Crippen LogP) is 3.82. The van der Waals surface area contributed by atoms with Crippen molar-refractivity contribution in [1.29, 1.82) is 0 Å². The van der Waals surface area contributed by atoms with Crippen LogP contribution in [0.1, 0.15) is 42.9 Å². The van der Waals surface area contributed by atoms with Crippen molar-refractivity contribution in [3.63, 3.8) is 0 Å². The maximum Gasteiger partial charge on any atom is 0.225 e. The first-order valence-electron chi connectivity index (χ1n) is 10.8. The standard InChI is InChI=1S/C24H30N4O3.HI/c1-4-25-24(26-13-17-12-23(29)28-20-8-6-5-7-19(17)20)27-14-18-11-22-16(9-15(2)31-22)10-21(18)30-3;/h5-8,10-11,15,17H,4,9,12-14H2,1-3H3,(H,28,29)(H2,25,26,27);1H. The van der Waals surface area contributed by atoms with Crippen molar-refractivity contribution >= 4 is 41.5 Å². The molecule has 0 bridgehead atoms. The fourth-order valence-electron chi connectivity index (χ4n) is 4.20. The normalized spacial score (nSPS) is 19.1. The van der Waals surface area contributed by atoms with Crippen molar-refractivity contribution < 1.29 is 14.3 Å². The maximum absolute atomic E-state index is 12.1. The Morgan fingerprint density at radius 3 is 2.84 bits per heavy atom. The summed E-state index contributed by atoms with van der Waals surface area (Å²) < 4.78 is 11.5. The van der Waals surface area contributed by atoms with E-state index in [1.54, 1.807) is 7.11 Å². The van der Waals surface area contributed by atoms with Gasteiger partial charge in [0.1, 0.15) is 17.6 Å². The van der Waals surface area contributed by atoms with Crippen molar-refractivity contribution in [2.45, 2.75) is 45.3 Å². The van der Waals surface area contributed by atoms with Crippen molar-refractivity contribution in [3.05, 3.63) is 53.1 Å². The summed E-state index contributed by atoms with van der Waals surface area (Å²) in [7, 11) is 1.68. The Morgan fingerprint density at radius 2 is 2.06 bits per heavy atom. The zero-order valence-corrected chi connectivity index (χ0v) is 21.1. The molecular formula is C24H31IN4O3. The summed E-state index contributed by atoms with van der Waals surface area (Å²) in [6.45, 7) is 5.94. The predicted molar refractivity (Wildman–Crippen MR) is 137 cm³/mol. The second kappa shape index (κ2) is 10.9. The van der Waals surface area contributed by atoms with Crippen LogP contribution < -0.4 is 25.4 Å². The van der Waals surface area contributed by atoms with E-state index in [1.807, 2.05) is 31.2 Å². The van der Waals surface area contributed by atoms with Gasteiger partial charge in [0, 0.05) is 48.7 Å². The zero-order valence-electron chi connectivity index (χ0n) is 18.7. The third-order valence-electron chi connectivity index (χ3n) is 5.67. The minimum atomic E-state index is 0. The SMILES string of the molecule is CCNC(=NCc1cc2c(cc1OC)CC(C)O2)NCC1CC(=O)Nc2ccccc21.I. The molecule has 2 aliphatic rings. The van der Waals surface area contributed by atoms with Crippen molar-refractivity contribution in [3.8, 4) is 11.5 Å². The molecule has 3 N–H and O–H groups in total. The first-order chi connectivity index (χ1) is 15.1. The van der Waals surface area contributed by atoms with E-state index in [-0.39, 0.29) is 41.9 Å². The van der Waals surface area contributed by atoms with E-state index < -0.39 is 0 Å². The lowest BCUT2D eigenvalue weighted by Gasteiger charge is -2.26. The molecule has 0 aliphatic carbocycles. The summed E-state index contributed by atoms with van der Waals surface area (Å²) in [4.78, 5) is 16.8. The van der Waals surface area contributed by atoms with Gasteiger partial charge in [0.15, 0.2) is 5.96 Å². The number of rotatable bonds is 6. The largest absolute Gasteiger partial charge is 0.496 e. The topological polar surface area (TPSA) is 84.0 Å². The van der Waals surface area contributed by atoms with Gasteiger partial charge >= 0.3 is 0 Å². The van der Waals surface area contributed by atoms with Crippen LogP contribution >= 0.6 is 24.0 Å². The number of hydrogen-bond acceptors (Lipinski definition) is 4. The van der Waals surface area contributed by atoms with Crippen molar-refractivity contribution in [2.75, 3.05) is 25.5 Å². The molecule has 1 amide bonds. The number of fused-ring (bicyclic) bond motifs is 2. The van der Waals surface area contributed by atoms with Gasteiger partial charge in [-0.2, -0.15) is 0 Å². The van der Waals surface area contributed by atoms with Crippen LogP contribution in [0.25, 0.3) is 0 Å². The van der Waals surface area contributed by atoms with E-state index in [9.17, 15) is 4.79 Å². The molecule has 0 radical (unpaired) electrons. The number of carbonyl (C=O) groups is 1.